The highest BCUT2D eigenvalue weighted by atomic mass is 35.5. The molecule has 2 fully saturated rings. The number of nitrogens with zero attached hydrogens (tertiary/aromatic N) is 3. The Morgan fingerprint density at radius 3 is 2.89 bits per heavy atom. The Labute approximate surface area is 169 Å². The van der Waals surface area contributed by atoms with Crippen LogP contribution in [0.15, 0.2) is 28.8 Å². The molecule has 1 aromatic carbocycles. The summed E-state index contributed by atoms with van der Waals surface area (Å²) in [7, 11) is 0. The molecule has 2 unspecified atom stereocenters. The van der Waals surface area contributed by atoms with Crippen molar-refractivity contribution in [2.45, 2.75) is 38.3 Å². The van der Waals surface area contributed by atoms with E-state index in [0.29, 0.717) is 36.4 Å². The third-order valence-electron chi connectivity index (χ3n) is 5.33. The van der Waals surface area contributed by atoms with Gasteiger partial charge < -0.3 is 14.6 Å². The van der Waals surface area contributed by atoms with Crippen LogP contribution in [0.2, 0.25) is 5.02 Å². The molecule has 1 aromatic heterocycles. The first kappa shape index (κ1) is 19.4. The highest BCUT2D eigenvalue weighted by molar-refractivity contribution is 6.30. The topological polar surface area (TPSA) is 80.5 Å². The first-order valence-electron chi connectivity index (χ1n) is 9.87. The molecule has 8 heteroatoms. The lowest BCUT2D eigenvalue weighted by Crippen LogP contribution is -2.44. The van der Waals surface area contributed by atoms with Gasteiger partial charge in [0.15, 0.2) is 0 Å². The van der Waals surface area contributed by atoms with Crippen LogP contribution in [0.4, 0.5) is 0 Å². The number of ether oxygens (including phenoxy) is 1. The average Bonchev–Trinajstić information content (AvgIpc) is 3.39. The number of piperidine rings is 1. The van der Waals surface area contributed by atoms with Crippen LogP contribution in [-0.2, 0) is 16.1 Å². The lowest BCUT2D eigenvalue weighted by molar-refractivity contribution is -0.127. The maximum Gasteiger partial charge on any atom is 0.241 e. The van der Waals surface area contributed by atoms with E-state index in [1.54, 1.807) is 12.1 Å². The molecule has 0 saturated carbocycles. The predicted octanol–water partition coefficient (Wildman–Crippen LogP) is 2.90. The van der Waals surface area contributed by atoms with Gasteiger partial charge in [-0.2, -0.15) is 4.98 Å². The molecule has 0 aliphatic carbocycles. The van der Waals surface area contributed by atoms with Crippen molar-refractivity contribution in [2.24, 2.45) is 5.92 Å². The van der Waals surface area contributed by atoms with E-state index in [0.717, 1.165) is 44.4 Å². The van der Waals surface area contributed by atoms with Crippen LogP contribution in [-0.4, -0.2) is 53.3 Å². The second-order valence-electron chi connectivity index (χ2n) is 7.47. The second-order valence-corrected chi connectivity index (χ2v) is 7.91. The monoisotopic (exact) mass is 404 g/mol. The number of hydrogen-bond donors (Lipinski definition) is 1. The SMILES string of the molecule is O=C(NCC1CCCO1)C1CCCN(Cc2nc(-c3ccc(Cl)cc3)no2)C1. The van der Waals surface area contributed by atoms with Gasteiger partial charge in [0.05, 0.1) is 18.6 Å². The number of aromatic nitrogens is 2. The molecule has 2 saturated heterocycles. The fourth-order valence-corrected chi connectivity index (χ4v) is 3.93. The Hall–Kier alpha value is -1.96. The molecule has 2 aromatic rings. The number of amides is 1. The average molecular weight is 405 g/mol. The molecule has 2 aliphatic heterocycles. The molecule has 28 heavy (non-hydrogen) atoms. The van der Waals surface area contributed by atoms with Gasteiger partial charge in [-0.25, -0.2) is 0 Å². The lowest BCUT2D eigenvalue weighted by Gasteiger charge is -2.31. The number of nitrogens with one attached hydrogen (secondary N) is 1. The van der Waals surface area contributed by atoms with E-state index >= 15 is 0 Å². The molecule has 4 rings (SSSR count). The zero-order valence-electron chi connectivity index (χ0n) is 15.8. The van der Waals surface area contributed by atoms with Gasteiger partial charge in [0, 0.05) is 30.3 Å². The molecule has 0 spiro atoms. The van der Waals surface area contributed by atoms with E-state index in [2.05, 4.69) is 20.4 Å². The largest absolute Gasteiger partial charge is 0.376 e. The van der Waals surface area contributed by atoms with E-state index in [1.807, 2.05) is 12.1 Å². The Bertz CT molecular complexity index is 789. The van der Waals surface area contributed by atoms with Gasteiger partial charge in [0.1, 0.15) is 0 Å². The summed E-state index contributed by atoms with van der Waals surface area (Å²) in [6.45, 7) is 3.60. The van der Waals surface area contributed by atoms with Crippen LogP contribution in [0.1, 0.15) is 31.6 Å². The summed E-state index contributed by atoms with van der Waals surface area (Å²) >= 11 is 5.92. The van der Waals surface area contributed by atoms with Crippen LogP contribution >= 0.6 is 11.6 Å². The van der Waals surface area contributed by atoms with Crippen molar-refractivity contribution in [3.63, 3.8) is 0 Å². The fourth-order valence-electron chi connectivity index (χ4n) is 3.80. The molecule has 1 amide bonds. The van der Waals surface area contributed by atoms with Gasteiger partial charge in [0.2, 0.25) is 17.6 Å². The number of halogens is 1. The Balaban J connectivity index is 1.30. The Morgan fingerprint density at radius 2 is 2.11 bits per heavy atom. The maximum atomic E-state index is 12.5. The number of carbonyl (C=O) groups is 1. The summed E-state index contributed by atoms with van der Waals surface area (Å²) in [6, 6.07) is 7.34. The molecule has 0 radical (unpaired) electrons. The predicted molar refractivity (Wildman–Crippen MR) is 105 cm³/mol. The summed E-state index contributed by atoms with van der Waals surface area (Å²) in [5, 5.41) is 7.79. The van der Waals surface area contributed by atoms with E-state index in [-0.39, 0.29) is 17.9 Å². The van der Waals surface area contributed by atoms with Gasteiger partial charge in [0.25, 0.3) is 0 Å². The van der Waals surface area contributed by atoms with E-state index in [4.69, 9.17) is 20.9 Å². The first-order valence-corrected chi connectivity index (χ1v) is 10.3. The maximum absolute atomic E-state index is 12.5. The summed E-state index contributed by atoms with van der Waals surface area (Å²) in [5.74, 6) is 1.22. The summed E-state index contributed by atoms with van der Waals surface area (Å²) in [5.41, 5.74) is 0.865. The van der Waals surface area contributed by atoms with Gasteiger partial charge in [-0.05, 0) is 56.5 Å². The number of likely N-dealkylation sites (tertiary alicyclic amines) is 1. The van der Waals surface area contributed by atoms with Crippen LogP contribution in [0.5, 0.6) is 0 Å². The summed E-state index contributed by atoms with van der Waals surface area (Å²) < 4.78 is 11.0. The first-order chi connectivity index (χ1) is 13.7. The molecule has 2 atom stereocenters. The quantitative estimate of drug-likeness (QED) is 0.797. The van der Waals surface area contributed by atoms with Gasteiger partial charge in [-0.3, -0.25) is 9.69 Å². The van der Waals surface area contributed by atoms with Crippen molar-refractivity contribution in [1.29, 1.82) is 0 Å². The van der Waals surface area contributed by atoms with Crippen LogP contribution in [0.3, 0.4) is 0 Å². The third-order valence-corrected chi connectivity index (χ3v) is 5.59. The Morgan fingerprint density at radius 1 is 1.25 bits per heavy atom. The minimum Gasteiger partial charge on any atom is -0.376 e. The second kappa shape index (κ2) is 9.03. The van der Waals surface area contributed by atoms with Gasteiger partial charge in [-0.1, -0.05) is 16.8 Å². The van der Waals surface area contributed by atoms with Crippen molar-refractivity contribution in [3.05, 3.63) is 35.2 Å². The van der Waals surface area contributed by atoms with Crippen LogP contribution in [0.25, 0.3) is 11.4 Å². The number of rotatable bonds is 6. The molecule has 2 aliphatic rings. The molecule has 0 bridgehead atoms. The van der Waals surface area contributed by atoms with E-state index in [9.17, 15) is 4.79 Å². The summed E-state index contributed by atoms with van der Waals surface area (Å²) in [6.07, 6.45) is 4.18. The lowest BCUT2D eigenvalue weighted by atomic mass is 9.97. The molecule has 3 heterocycles. The zero-order valence-corrected chi connectivity index (χ0v) is 16.5. The van der Waals surface area contributed by atoms with Crippen molar-refractivity contribution < 1.29 is 14.1 Å². The molecular formula is C20H25ClN4O3. The molecule has 7 nitrogen and oxygen atoms in total. The molecule has 1 N–H and O–H groups in total. The van der Waals surface area contributed by atoms with Crippen LogP contribution < -0.4 is 5.32 Å². The van der Waals surface area contributed by atoms with Crippen molar-refractivity contribution in [1.82, 2.24) is 20.4 Å². The highest BCUT2D eigenvalue weighted by Gasteiger charge is 2.27. The van der Waals surface area contributed by atoms with Crippen molar-refractivity contribution >= 4 is 17.5 Å². The number of hydrogen-bond acceptors (Lipinski definition) is 6. The highest BCUT2D eigenvalue weighted by Crippen LogP contribution is 2.21. The molecule has 150 valence electrons. The summed E-state index contributed by atoms with van der Waals surface area (Å²) in [4.78, 5) is 19.2. The van der Waals surface area contributed by atoms with Gasteiger partial charge in [-0.15, -0.1) is 0 Å². The van der Waals surface area contributed by atoms with E-state index < -0.39 is 0 Å². The minimum atomic E-state index is -0.00573. The standard InChI is InChI=1S/C20H25ClN4O3/c21-16-7-5-14(6-8-16)19-23-18(28-24-19)13-25-9-1-3-15(12-25)20(26)22-11-17-4-2-10-27-17/h5-8,15,17H,1-4,9-13H2,(H,22,26). The zero-order chi connectivity index (χ0) is 19.3. The number of carbonyl (C=O) groups excluding carboxylic acids is 1. The third kappa shape index (κ3) is 4.90. The number of benzene rings is 1. The fraction of sp³-hybridized carbons (Fsp3) is 0.550. The normalized spacial score (nSPS) is 23.0. The Kier molecular flexibility index (Phi) is 6.24. The minimum absolute atomic E-state index is 0.00573. The van der Waals surface area contributed by atoms with Crippen LogP contribution in [0, 0.1) is 5.92 Å². The van der Waals surface area contributed by atoms with Crippen molar-refractivity contribution in [2.75, 3.05) is 26.2 Å². The van der Waals surface area contributed by atoms with Gasteiger partial charge >= 0.3 is 0 Å². The van der Waals surface area contributed by atoms with E-state index in [1.165, 1.54) is 0 Å². The smallest absolute Gasteiger partial charge is 0.241 e. The van der Waals surface area contributed by atoms with Crippen molar-refractivity contribution in [3.8, 4) is 11.4 Å². The molecular weight excluding hydrogens is 380 g/mol.